The lowest BCUT2D eigenvalue weighted by atomic mass is 10.0. The summed E-state index contributed by atoms with van der Waals surface area (Å²) in [6.07, 6.45) is 0. The number of fused-ring (bicyclic) bond motifs is 12. The second-order valence-electron chi connectivity index (χ2n) is 12.5. The Morgan fingerprint density at radius 1 is 0.383 bits per heavy atom. The van der Waals surface area contributed by atoms with Gasteiger partial charge in [-0.1, -0.05) is 103 Å². The van der Waals surface area contributed by atoms with Gasteiger partial charge < -0.3 is 4.57 Å². The molecule has 0 bridgehead atoms. The Labute approximate surface area is 266 Å². The van der Waals surface area contributed by atoms with E-state index >= 15 is 0 Å². The smallest absolute Gasteiger partial charge is 0.282 e. The van der Waals surface area contributed by atoms with E-state index in [2.05, 4.69) is 102 Å². The molecule has 3 aromatic heterocycles. The van der Waals surface area contributed by atoms with Gasteiger partial charge in [-0.3, -0.25) is 9.59 Å². The van der Waals surface area contributed by atoms with E-state index in [4.69, 9.17) is 0 Å². The average molecular weight is 602 g/mol. The predicted octanol–water partition coefficient (Wildman–Crippen LogP) is 9.07. The van der Waals surface area contributed by atoms with Crippen LogP contribution in [-0.2, 0) is 0 Å². The van der Waals surface area contributed by atoms with Crippen LogP contribution in [0.4, 0.5) is 0 Å². The summed E-state index contributed by atoms with van der Waals surface area (Å²) in [7, 11) is 0. The van der Waals surface area contributed by atoms with Crippen molar-refractivity contribution >= 4 is 54.4 Å². The van der Waals surface area contributed by atoms with Crippen LogP contribution >= 0.6 is 0 Å². The van der Waals surface area contributed by atoms with Crippen LogP contribution in [0.3, 0.4) is 0 Å². The quantitative estimate of drug-likeness (QED) is 0.198. The molecule has 1 aliphatic rings. The van der Waals surface area contributed by atoms with Crippen molar-refractivity contribution in [3.05, 3.63) is 160 Å². The van der Waals surface area contributed by atoms with Crippen LogP contribution in [0.15, 0.2) is 149 Å². The molecule has 0 fully saturated rings. The molecule has 0 aliphatic heterocycles. The zero-order chi connectivity index (χ0) is 31.0. The largest absolute Gasteiger partial charge is 0.309 e. The first kappa shape index (κ1) is 24.8. The number of hydrogen-bond donors (Lipinski definition) is 0. The fourth-order valence-electron chi connectivity index (χ4n) is 8.16. The lowest BCUT2D eigenvalue weighted by Crippen LogP contribution is -2.21. The fourth-order valence-corrected chi connectivity index (χ4v) is 8.16. The molecule has 0 unspecified atom stereocenters. The molecule has 10 aromatic rings. The summed E-state index contributed by atoms with van der Waals surface area (Å²) in [5, 5.41) is 5.46. The molecule has 218 valence electrons. The number of para-hydroxylation sites is 1. The Hall–Kier alpha value is -6.46. The van der Waals surface area contributed by atoms with E-state index < -0.39 is 0 Å². The fraction of sp³-hybridized carbons (Fsp3) is 0. The molecule has 1 aliphatic carbocycles. The molecule has 7 aromatic carbocycles. The van der Waals surface area contributed by atoms with Crippen molar-refractivity contribution in [3.8, 4) is 39.1 Å². The minimum absolute atomic E-state index is 0.292. The summed E-state index contributed by atoms with van der Waals surface area (Å²) < 4.78 is 5.39. The summed E-state index contributed by atoms with van der Waals surface area (Å²) in [6.45, 7) is 0. The highest BCUT2D eigenvalue weighted by Gasteiger charge is 2.27. The van der Waals surface area contributed by atoms with Crippen LogP contribution in [0.1, 0.15) is 0 Å². The maximum Gasteiger partial charge on any atom is 0.282 e. The van der Waals surface area contributed by atoms with Crippen molar-refractivity contribution in [2.45, 2.75) is 0 Å². The van der Waals surface area contributed by atoms with E-state index in [0.29, 0.717) is 16.3 Å². The van der Waals surface area contributed by atoms with Gasteiger partial charge in [0.2, 0.25) is 0 Å². The monoisotopic (exact) mass is 601 g/mol. The summed E-state index contributed by atoms with van der Waals surface area (Å²) in [5.41, 5.74) is 10.6. The standard InChI is InChI=1S/C42H23N3O2/c46-41-34-22-26(43-36-16-7-6-13-29(36)30-19-17-25(21-38(30)43)24-9-2-1-3-10-24)18-20-37(34)44-40-32-15-8-14-31-27-11-4-5-12-28(27)33(39(31)32)23-35(40)42(47)45(41)44/h1-23H. The number of hydrogen-bond acceptors (Lipinski definition) is 2. The summed E-state index contributed by atoms with van der Waals surface area (Å²) in [4.78, 5) is 28.3. The second kappa shape index (κ2) is 8.62. The minimum Gasteiger partial charge on any atom is -0.309 e. The molecule has 5 heteroatoms. The third-order valence-electron chi connectivity index (χ3n) is 10.1. The van der Waals surface area contributed by atoms with Crippen LogP contribution in [0.5, 0.6) is 0 Å². The first-order chi connectivity index (χ1) is 23.2. The van der Waals surface area contributed by atoms with Gasteiger partial charge in [0.05, 0.1) is 32.8 Å². The second-order valence-corrected chi connectivity index (χ2v) is 12.5. The Morgan fingerprint density at radius 2 is 1.09 bits per heavy atom. The molecule has 47 heavy (non-hydrogen) atoms. The van der Waals surface area contributed by atoms with E-state index in [1.54, 1.807) is 0 Å². The number of benzene rings is 7. The van der Waals surface area contributed by atoms with Gasteiger partial charge in [-0.05, 0) is 75.2 Å². The Balaban J connectivity index is 1.22. The van der Waals surface area contributed by atoms with Gasteiger partial charge in [-0.25, -0.2) is 4.52 Å². The van der Waals surface area contributed by atoms with E-state index in [1.165, 1.54) is 10.1 Å². The van der Waals surface area contributed by atoms with Gasteiger partial charge in [0.1, 0.15) is 0 Å². The van der Waals surface area contributed by atoms with Crippen LogP contribution in [0.2, 0.25) is 0 Å². The highest BCUT2D eigenvalue weighted by atomic mass is 16.2. The molecule has 0 spiro atoms. The summed E-state index contributed by atoms with van der Waals surface area (Å²) in [6, 6.07) is 47.9. The van der Waals surface area contributed by atoms with Crippen molar-refractivity contribution < 1.29 is 0 Å². The Bertz CT molecular complexity index is 3110. The van der Waals surface area contributed by atoms with Gasteiger partial charge in [0.25, 0.3) is 11.1 Å². The van der Waals surface area contributed by atoms with E-state index in [0.717, 1.165) is 71.6 Å². The number of rotatable bonds is 2. The topological polar surface area (TPSA) is 47.9 Å². The van der Waals surface area contributed by atoms with Crippen molar-refractivity contribution in [2.24, 2.45) is 0 Å². The van der Waals surface area contributed by atoms with Crippen molar-refractivity contribution in [3.63, 3.8) is 0 Å². The van der Waals surface area contributed by atoms with Gasteiger partial charge in [-0.2, -0.15) is 4.52 Å². The van der Waals surface area contributed by atoms with Crippen LogP contribution in [0, 0.1) is 0 Å². The molecule has 0 atom stereocenters. The lowest BCUT2D eigenvalue weighted by molar-refractivity contribution is 0.842. The molecule has 5 nitrogen and oxygen atoms in total. The molecular weight excluding hydrogens is 578 g/mol. The maximum absolute atomic E-state index is 14.2. The molecule has 0 saturated carbocycles. The van der Waals surface area contributed by atoms with Gasteiger partial charge >= 0.3 is 0 Å². The summed E-state index contributed by atoms with van der Waals surface area (Å²) >= 11 is 0. The van der Waals surface area contributed by atoms with E-state index in [1.807, 2.05) is 47.0 Å². The zero-order valence-electron chi connectivity index (χ0n) is 24.9. The van der Waals surface area contributed by atoms with Crippen molar-refractivity contribution in [1.82, 2.24) is 13.6 Å². The molecule has 11 rings (SSSR count). The number of aromatic nitrogens is 3. The van der Waals surface area contributed by atoms with E-state index in [-0.39, 0.29) is 11.1 Å². The molecule has 0 radical (unpaired) electrons. The van der Waals surface area contributed by atoms with E-state index in [9.17, 15) is 9.59 Å². The highest BCUT2D eigenvalue weighted by Crippen LogP contribution is 2.49. The molecule has 0 saturated heterocycles. The normalized spacial score (nSPS) is 12.4. The maximum atomic E-state index is 14.2. The van der Waals surface area contributed by atoms with Crippen LogP contribution in [-0.4, -0.2) is 13.6 Å². The number of nitrogens with zero attached hydrogens (tertiary/aromatic N) is 3. The Kier molecular flexibility index (Phi) is 4.55. The Morgan fingerprint density at radius 3 is 1.96 bits per heavy atom. The zero-order valence-corrected chi connectivity index (χ0v) is 24.9. The lowest BCUT2D eigenvalue weighted by Gasteiger charge is -2.10. The third kappa shape index (κ3) is 3.03. The van der Waals surface area contributed by atoms with Gasteiger partial charge in [-0.15, -0.1) is 0 Å². The SMILES string of the molecule is O=c1c2cc(-n3c4ccccc4c4ccc(-c5ccccc5)cc43)ccc2n2c3c(cc4c5c(cccc53)-c3ccccc3-4)c(=O)n12. The first-order valence-electron chi connectivity index (χ1n) is 15.8. The van der Waals surface area contributed by atoms with Crippen LogP contribution < -0.4 is 11.1 Å². The van der Waals surface area contributed by atoms with Gasteiger partial charge in [0.15, 0.2) is 0 Å². The molecule has 0 amide bonds. The highest BCUT2D eigenvalue weighted by molar-refractivity contribution is 6.23. The minimum atomic E-state index is -0.308. The molecule has 3 heterocycles. The van der Waals surface area contributed by atoms with Crippen molar-refractivity contribution in [1.29, 1.82) is 0 Å². The molecule has 0 N–H and O–H groups in total. The average Bonchev–Trinajstić information content (AvgIpc) is 3.82. The summed E-state index contributed by atoms with van der Waals surface area (Å²) in [5.74, 6) is 0. The first-order valence-corrected chi connectivity index (χ1v) is 15.8. The predicted molar refractivity (Wildman–Crippen MR) is 191 cm³/mol. The molecular formula is C42H23N3O2. The van der Waals surface area contributed by atoms with Crippen molar-refractivity contribution in [2.75, 3.05) is 0 Å². The van der Waals surface area contributed by atoms with Crippen LogP contribution in [0.25, 0.3) is 93.5 Å². The third-order valence-corrected chi connectivity index (χ3v) is 10.1. The van der Waals surface area contributed by atoms with Gasteiger partial charge in [0, 0.05) is 21.8 Å².